The van der Waals surface area contributed by atoms with E-state index in [2.05, 4.69) is 15.9 Å². The van der Waals surface area contributed by atoms with Gasteiger partial charge in [0.15, 0.2) is 0 Å². The van der Waals surface area contributed by atoms with Gasteiger partial charge in [0.1, 0.15) is 11.4 Å². The van der Waals surface area contributed by atoms with Crippen molar-refractivity contribution in [3.05, 3.63) is 28.2 Å². The van der Waals surface area contributed by atoms with E-state index in [1.165, 1.54) is 0 Å². The molecule has 2 heterocycles. The highest BCUT2D eigenvalue weighted by atomic mass is 79.9. The van der Waals surface area contributed by atoms with E-state index in [1.807, 2.05) is 30.0 Å². The van der Waals surface area contributed by atoms with Crippen LogP contribution in [0.1, 0.15) is 24.5 Å². The number of fused-ring (bicyclic) bond motifs is 1. The lowest BCUT2D eigenvalue weighted by molar-refractivity contribution is 0.00402. The van der Waals surface area contributed by atoms with E-state index in [0.717, 1.165) is 40.1 Å². The first-order valence-corrected chi connectivity index (χ1v) is 7.38. The van der Waals surface area contributed by atoms with Crippen molar-refractivity contribution in [3.8, 4) is 5.75 Å². The number of thioether (sulfide) groups is 1. The molecule has 0 bridgehead atoms. The number of hydrogen-bond acceptors (Lipinski definition) is 3. The van der Waals surface area contributed by atoms with Gasteiger partial charge in [-0.05, 0) is 24.3 Å². The Balaban J connectivity index is 2.00. The highest BCUT2D eigenvalue weighted by Gasteiger charge is 2.43. The Morgan fingerprint density at radius 1 is 1.50 bits per heavy atom. The summed E-state index contributed by atoms with van der Waals surface area (Å²) in [5.74, 6) is 2.97. The van der Waals surface area contributed by atoms with Crippen LogP contribution in [0.4, 0.5) is 0 Å². The van der Waals surface area contributed by atoms with Gasteiger partial charge >= 0.3 is 0 Å². The highest BCUT2D eigenvalue weighted by Crippen LogP contribution is 2.46. The van der Waals surface area contributed by atoms with Crippen molar-refractivity contribution in [2.75, 3.05) is 11.5 Å². The van der Waals surface area contributed by atoms with Crippen molar-refractivity contribution >= 4 is 27.7 Å². The van der Waals surface area contributed by atoms with Gasteiger partial charge in [0.05, 0.1) is 6.10 Å². The van der Waals surface area contributed by atoms with Crippen LogP contribution in [0, 0.1) is 0 Å². The molecule has 0 radical (unpaired) electrons. The fraction of sp³-hybridized carbons (Fsp3) is 0.500. The molecule has 2 aliphatic heterocycles. The summed E-state index contributed by atoms with van der Waals surface area (Å²) in [5, 5.41) is 10.2. The van der Waals surface area contributed by atoms with Gasteiger partial charge in [-0.15, -0.1) is 0 Å². The van der Waals surface area contributed by atoms with Crippen molar-refractivity contribution in [2.24, 2.45) is 0 Å². The molecule has 1 aromatic rings. The average molecular weight is 301 g/mol. The summed E-state index contributed by atoms with van der Waals surface area (Å²) in [6, 6.07) is 5.86. The Kier molecular flexibility index (Phi) is 2.68. The molecule has 0 aromatic heterocycles. The van der Waals surface area contributed by atoms with E-state index < -0.39 is 0 Å². The van der Waals surface area contributed by atoms with Gasteiger partial charge in [0.25, 0.3) is 0 Å². The lowest BCUT2D eigenvalue weighted by Gasteiger charge is -2.37. The molecule has 1 spiro atoms. The molecule has 1 saturated heterocycles. The zero-order chi connectivity index (χ0) is 11.2. The number of halogens is 1. The zero-order valence-corrected chi connectivity index (χ0v) is 11.2. The van der Waals surface area contributed by atoms with Crippen LogP contribution in [0.5, 0.6) is 5.75 Å². The topological polar surface area (TPSA) is 29.5 Å². The molecule has 1 aromatic carbocycles. The van der Waals surface area contributed by atoms with Crippen molar-refractivity contribution in [3.63, 3.8) is 0 Å². The van der Waals surface area contributed by atoms with Gasteiger partial charge in [-0.3, -0.25) is 0 Å². The Hall–Kier alpha value is -0.190. The van der Waals surface area contributed by atoms with E-state index in [9.17, 15) is 5.11 Å². The summed E-state index contributed by atoms with van der Waals surface area (Å²) in [6.45, 7) is 0. The second-order valence-corrected chi connectivity index (χ2v) is 6.51. The SMILES string of the molecule is O[C@@H]1CC2(CCSC2)Oc2cc(Br)ccc21. The van der Waals surface area contributed by atoms with Crippen molar-refractivity contribution < 1.29 is 9.84 Å². The standard InChI is InChI=1S/C12H13BrO2S/c13-8-1-2-9-10(14)6-12(3-4-16-7-12)15-11(9)5-8/h1-2,5,10,14H,3-4,6-7H2/t10-,12?/m1/s1. The lowest BCUT2D eigenvalue weighted by atomic mass is 9.88. The number of aliphatic hydroxyl groups is 1. The summed E-state index contributed by atoms with van der Waals surface area (Å²) in [5.41, 5.74) is 0.795. The number of hydrogen-bond donors (Lipinski definition) is 1. The third kappa shape index (κ3) is 1.77. The van der Waals surface area contributed by atoms with Gasteiger partial charge in [0.2, 0.25) is 0 Å². The van der Waals surface area contributed by atoms with Gasteiger partial charge in [-0.1, -0.05) is 22.0 Å². The molecule has 1 unspecified atom stereocenters. The van der Waals surface area contributed by atoms with Crippen LogP contribution in [-0.2, 0) is 0 Å². The van der Waals surface area contributed by atoms with Crippen LogP contribution in [0.15, 0.2) is 22.7 Å². The summed E-state index contributed by atoms with van der Waals surface area (Å²) < 4.78 is 7.12. The largest absolute Gasteiger partial charge is 0.486 e. The van der Waals surface area contributed by atoms with Gasteiger partial charge in [-0.2, -0.15) is 11.8 Å². The second kappa shape index (κ2) is 3.93. The fourth-order valence-corrected chi connectivity index (χ4v) is 4.13. The molecule has 2 aliphatic rings. The van der Waals surface area contributed by atoms with Gasteiger partial charge in [-0.25, -0.2) is 0 Å². The third-order valence-corrected chi connectivity index (χ3v) is 5.01. The van der Waals surface area contributed by atoms with Crippen LogP contribution in [0.2, 0.25) is 0 Å². The average Bonchev–Trinajstić information content (AvgIpc) is 2.65. The minimum absolute atomic E-state index is 0.127. The molecule has 0 aliphatic carbocycles. The molecular formula is C12H13BrO2S. The lowest BCUT2D eigenvalue weighted by Crippen LogP contribution is -2.41. The number of ether oxygens (including phenoxy) is 1. The molecule has 2 atom stereocenters. The maximum atomic E-state index is 10.2. The van der Waals surface area contributed by atoms with Crippen LogP contribution in [0.25, 0.3) is 0 Å². The second-order valence-electron chi connectivity index (χ2n) is 4.49. The highest BCUT2D eigenvalue weighted by molar-refractivity contribution is 9.10. The molecule has 1 fully saturated rings. The van der Waals surface area contributed by atoms with E-state index in [-0.39, 0.29) is 11.7 Å². The minimum atomic E-state index is -0.379. The first-order valence-electron chi connectivity index (χ1n) is 5.43. The molecule has 16 heavy (non-hydrogen) atoms. The monoisotopic (exact) mass is 300 g/mol. The molecule has 4 heteroatoms. The predicted octanol–water partition coefficient (Wildman–Crippen LogP) is 3.14. The third-order valence-electron chi connectivity index (χ3n) is 3.29. The Morgan fingerprint density at radius 2 is 2.38 bits per heavy atom. The number of benzene rings is 1. The van der Waals surface area contributed by atoms with Gasteiger partial charge in [0, 0.05) is 22.2 Å². The molecule has 86 valence electrons. The number of aliphatic hydroxyl groups excluding tert-OH is 1. The Morgan fingerprint density at radius 3 is 3.12 bits per heavy atom. The molecule has 1 N–H and O–H groups in total. The van der Waals surface area contributed by atoms with Crippen LogP contribution >= 0.6 is 27.7 Å². The summed E-state index contributed by atoms with van der Waals surface area (Å²) in [7, 11) is 0. The van der Waals surface area contributed by atoms with E-state index in [4.69, 9.17) is 4.74 Å². The van der Waals surface area contributed by atoms with Crippen molar-refractivity contribution in [1.82, 2.24) is 0 Å². The van der Waals surface area contributed by atoms with Gasteiger partial charge < -0.3 is 9.84 Å². The molecule has 0 saturated carbocycles. The van der Waals surface area contributed by atoms with Crippen molar-refractivity contribution in [1.29, 1.82) is 0 Å². The van der Waals surface area contributed by atoms with Crippen LogP contribution in [-0.4, -0.2) is 22.2 Å². The number of rotatable bonds is 0. The molecule has 3 rings (SSSR count). The molecule has 2 nitrogen and oxygen atoms in total. The zero-order valence-electron chi connectivity index (χ0n) is 8.78. The van der Waals surface area contributed by atoms with Crippen molar-refractivity contribution in [2.45, 2.75) is 24.5 Å². The Bertz CT molecular complexity index is 415. The maximum absolute atomic E-state index is 10.2. The maximum Gasteiger partial charge on any atom is 0.127 e. The summed E-state index contributed by atoms with van der Waals surface area (Å²) in [4.78, 5) is 0. The first-order chi connectivity index (χ1) is 7.69. The fourth-order valence-electron chi connectivity index (χ4n) is 2.44. The van der Waals surface area contributed by atoms with E-state index in [1.54, 1.807) is 0 Å². The van der Waals surface area contributed by atoms with E-state index in [0.29, 0.717) is 0 Å². The van der Waals surface area contributed by atoms with E-state index >= 15 is 0 Å². The molecular weight excluding hydrogens is 288 g/mol. The Labute approximate surface area is 108 Å². The molecule has 0 amide bonds. The predicted molar refractivity (Wildman–Crippen MR) is 69.0 cm³/mol. The smallest absolute Gasteiger partial charge is 0.127 e. The minimum Gasteiger partial charge on any atom is -0.486 e. The van der Waals surface area contributed by atoms with Crippen LogP contribution in [0.3, 0.4) is 0 Å². The normalized spacial score (nSPS) is 32.5. The quantitative estimate of drug-likeness (QED) is 0.798. The summed E-state index contributed by atoms with van der Waals surface area (Å²) >= 11 is 5.35. The first kappa shape index (κ1) is 10.9. The summed E-state index contributed by atoms with van der Waals surface area (Å²) in [6.07, 6.45) is 1.39. The van der Waals surface area contributed by atoms with Crippen LogP contribution < -0.4 is 4.74 Å².